The smallest absolute Gasteiger partial charge is 0.248 e. The van der Waals surface area contributed by atoms with Gasteiger partial charge in [0.2, 0.25) is 5.91 Å². The fourth-order valence-electron chi connectivity index (χ4n) is 2.39. The normalized spacial score (nSPS) is 18.0. The van der Waals surface area contributed by atoms with Crippen molar-refractivity contribution in [3.63, 3.8) is 0 Å². The van der Waals surface area contributed by atoms with Gasteiger partial charge < -0.3 is 16.2 Å². The summed E-state index contributed by atoms with van der Waals surface area (Å²) in [5.41, 5.74) is 11.6. The van der Waals surface area contributed by atoms with Gasteiger partial charge in [0.05, 0.1) is 10.6 Å². The zero-order valence-electron chi connectivity index (χ0n) is 10.8. The number of amides is 1. The van der Waals surface area contributed by atoms with Gasteiger partial charge in [-0.1, -0.05) is 30.9 Å². The van der Waals surface area contributed by atoms with Crippen LogP contribution in [0.15, 0.2) is 18.2 Å². The minimum atomic E-state index is -0.504. The molecule has 0 radical (unpaired) electrons. The molecular weight excluding hydrogens is 264 g/mol. The Morgan fingerprint density at radius 2 is 2.00 bits per heavy atom. The second-order valence-electron chi connectivity index (χ2n) is 5.22. The summed E-state index contributed by atoms with van der Waals surface area (Å²) in [6.07, 6.45) is 5.49. The molecule has 1 aromatic carbocycles. The molecule has 0 unspecified atom stereocenters. The van der Waals surface area contributed by atoms with Crippen LogP contribution >= 0.6 is 11.6 Å². The monoisotopic (exact) mass is 282 g/mol. The molecule has 4 nitrogen and oxygen atoms in total. The van der Waals surface area contributed by atoms with Crippen LogP contribution in [0.1, 0.15) is 42.5 Å². The van der Waals surface area contributed by atoms with Crippen LogP contribution in [0, 0.1) is 0 Å². The second-order valence-corrected chi connectivity index (χ2v) is 5.63. The fourth-order valence-corrected chi connectivity index (χ4v) is 2.63. The van der Waals surface area contributed by atoms with Gasteiger partial charge >= 0.3 is 0 Å². The standard InChI is InChI=1S/C14H19ClN2O2/c15-11-8-10(13(16)18)4-5-12(11)19-9-14(17)6-2-1-3-7-14/h4-5,8H,1-3,6-7,9,17H2,(H2,16,18). The highest BCUT2D eigenvalue weighted by atomic mass is 35.5. The Morgan fingerprint density at radius 3 is 2.58 bits per heavy atom. The van der Waals surface area contributed by atoms with Crippen LogP contribution in [0.4, 0.5) is 0 Å². The summed E-state index contributed by atoms with van der Waals surface area (Å²) in [4.78, 5) is 11.0. The van der Waals surface area contributed by atoms with E-state index in [-0.39, 0.29) is 5.54 Å². The van der Waals surface area contributed by atoms with E-state index in [1.54, 1.807) is 12.1 Å². The average molecular weight is 283 g/mol. The van der Waals surface area contributed by atoms with E-state index in [1.165, 1.54) is 12.5 Å². The van der Waals surface area contributed by atoms with E-state index in [9.17, 15) is 4.79 Å². The molecule has 0 heterocycles. The molecular formula is C14H19ClN2O2. The van der Waals surface area contributed by atoms with Gasteiger partial charge in [0.15, 0.2) is 0 Å². The molecule has 1 amide bonds. The summed E-state index contributed by atoms with van der Waals surface area (Å²) in [6.45, 7) is 0.447. The Labute approximate surface area is 118 Å². The lowest BCUT2D eigenvalue weighted by molar-refractivity contribution is 0.1000. The van der Waals surface area contributed by atoms with Crippen molar-refractivity contribution in [2.75, 3.05) is 6.61 Å². The van der Waals surface area contributed by atoms with Crippen molar-refractivity contribution in [2.45, 2.75) is 37.6 Å². The van der Waals surface area contributed by atoms with Gasteiger partial charge in [0, 0.05) is 5.56 Å². The SMILES string of the molecule is NC(=O)c1ccc(OCC2(N)CCCCC2)c(Cl)c1. The Balaban J connectivity index is 2.01. The molecule has 1 aromatic rings. The summed E-state index contributed by atoms with van der Waals surface area (Å²) in [6, 6.07) is 4.78. The molecule has 0 saturated heterocycles. The van der Waals surface area contributed by atoms with E-state index < -0.39 is 5.91 Å². The maximum atomic E-state index is 11.0. The van der Waals surface area contributed by atoms with Crippen molar-refractivity contribution in [3.8, 4) is 5.75 Å². The third kappa shape index (κ3) is 3.61. The van der Waals surface area contributed by atoms with Gasteiger partial charge in [-0.2, -0.15) is 0 Å². The van der Waals surface area contributed by atoms with Gasteiger partial charge in [-0.05, 0) is 31.0 Å². The number of hydrogen-bond donors (Lipinski definition) is 2. The third-order valence-corrected chi connectivity index (χ3v) is 3.88. The number of rotatable bonds is 4. The first-order valence-electron chi connectivity index (χ1n) is 6.51. The van der Waals surface area contributed by atoms with Gasteiger partial charge in [-0.3, -0.25) is 4.79 Å². The maximum absolute atomic E-state index is 11.0. The van der Waals surface area contributed by atoms with Gasteiger partial charge in [0.25, 0.3) is 0 Å². The van der Waals surface area contributed by atoms with E-state index >= 15 is 0 Å². The lowest BCUT2D eigenvalue weighted by Gasteiger charge is -2.33. The van der Waals surface area contributed by atoms with Gasteiger partial charge in [-0.25, -0.2) is 0 Å². The molecule has 104 valence electrons. The predicted octanol–water partition coefficient (Wildman–Crippen LogP) is 2.48. The summed E-state index contributed by atoms with van der Waals surface area (Å²) in [5, 5.41) is 0.385. The minimum absolute atomic E-state index is 0.260. The first-order chi connectivity index (χ1) is 9.00. The predicted molar refractivity (Wildman–Crippen MR) is 75.5 cm³/mol. The van der Waals surface area contributed by atoms with Crippen molar-refractivity contribution in [2.24, 2.45) is 11.5 Å². The van der Waals surface area contributed by atoms with E-state index in [1.807, 2.05) is 0 Å². The van der Waals surface area contributed by atoms with Crippen LogP contribution in [-0.2, 0) is 0 Å². The molecule has 0 aliphatic heterocycles. The molecule has 1 aliphatic rings. The van der Waals surface area contributed by atoms with E-state index in [4.69, 9.17) is 27.8 Å². The van der Waals surface area contributed by atoms with Gasteiger partial charge in [-0.15, -0.1) is 0 Å². The number of hydrogen-bond acceptors (Lipinski definition) is 3. The van der Waals surface area contributed by atoms with Crippen LogP contribution in [0.2, 0.25) is 5.02 Å². The van der Waals surface area contributed by atoms with Crippen LogP contribution < -0.4 is 16.2 Å². The summed E-state index contributed by atoms with van der Waals surface area (Å²) in [7, 11) is 0. The lowest BCUT2D eigenvalue weighted by Crippen LogP contribution is -2.47. The highest BCUT2D eigenvalue weighted by molar-refractivity contribution is 6.32. The Kier molecular flexibility index (Phi) is 4.32. The topological polar surface area (TPSA) is 78.3 Å². The number of nitrogens with two attached hydrogens (primary N) is 2. The molecule has 1 aliphatic carbocycles. The molecule has 5 heteroatoms. The van der Waals surface area contributed by atoms with E-state index in [2.05, 4.69) is 0 Å². The number of ether oxygens (including phenoxy) is 1. The average Bonchev–Trinajstić information content (AvgIpc) is 2.38. The van der Waals surface area contributed by atoms with E-state index in [0.717, 1.165) is 25.7 Å². The molecule has 4 N–H and O–H groups in total. The summed E-state index contributed by atoms with van der Waals surface area (Å²) < 4.78 is 5.70. The number of carbonyl (C=O) groups is 1. The number of primary amides is 1. The molecule has 0 atom stereocenters. The molecule has 19 heavy (non-hydrogen) atoms. The Hall–Kier alpha value is -1.26. The first kappa shape index (κ1) is 14.2. The molecule has 2 rings (SSSR count). The molecule has 1 fully saturated rings. The molecule has 0 spiro atoms. The van der Waals surface area contributed by atoms with Crippen molar-refractivity contribution in [3.05, 3.63) is 28.8 Å². The number of carbonyl (C=O) groups excluding carboxylic acids is 1. The van der Waals surface area contributed by atoms with Crippen molar-refractivity contribution >= 4 is 17.5 Å². The Morgan fingerprint density at radius 1 is 1.32 bits per heavy atom. The highest BCUT2D eigenvalue weighted by Crippen LogP contribution is 2.29. The zero-order valence-corrected chi connectivity index (χ0v) is 11.6. The van der Waals surface area contributed by atoms with E-state index in [0.29, 0.717) is 22.9 Å². The fraction of sp³-hybridized carbons (Fsp3) is 0.500. The Bertz CT molecular complexity index is 471. The minimum Gasteiger partial charge on any atom is -0.490 e. The number of benzene rings is 1. The van der Waals surface area contributed by atoms with Crippen LogP contribution in [0.5, 0.6) is 5.75 Å². The quantitative estimate of drug-likeness (QED) is 0.890. The van der Waals surface area contributed by atoms with Crippen molar-refractivity contribution in [1.82, 2.24) is 0 Å². The molecule has 1 saturated carbocycles. The molecule has 0 aromatic heterocycles. The highest BCUT2D eigenvalue weighted by Gasteiger charge is 2.28. The first-order valence-corrected chi connectivity index (χ1v) is 6.89. The summed E-state index contributed by atoms with van der Waals surface area (Å²) >= 11 is 6.06. The molecule has 0 bridgehead atoms. The number of halogens is 1. The van der Waals surface area contributed by atoms with Crippen molar-refractivity contribution in [1.29, 1.82) is 0 Å². The van der Waals surface area contributed by atoms with Crippen LogP contribution in [0.25, 0.3) is 0 Å². The maximum Gasteiger partial charge on any atom is 0.248 e. The van der Waals surface area contributed by atoms with Crippen molar-refractivity contribution < 1.29 is 9.53 Å². The zero-order chi connectivity index (χ0) is 13.9. The third-order valence-electron chi connectivity index (χ3n) is 3.58. The lowest BCUT2D eigenvalue weighted by atomic mass is 9.83. The summed E-state index contributed by atoms with van der Waals surface area (Å²) in [5.74, 6) is 0.0399. The van der Waals surface area contributed by atoms with Crippen LogP contribution in [0.3, 0.4) is 0 Å². The van der Waals surface area contributed by atoms with Gasteiger partial charge in [0.1, 0.15) is 12.4 Å². The largest absolute Gasteiger partial charge is 0.490 e. The second kappa shape index (κ2) is 5.80. The van der Waals surface area contributed by atoms with Crippen LogP contribution in [-0.4, -0.2) is 18.1 Å².